The molecule has 1 saturated carbocycles. The molecule has 0 spiro atoms. The molecule has 158 valence electrons. The highest BCUT2D eigenvalue weighted by Gasteiger charge is 2.30. The van der Waals surface area contributed by atoms with Crippen molar-refractivity contribution in [3.05, 3.63) is 29.8 Å². The molecule has 6 heteroatoms. The summed E-state index contributed by atoms with van der Waals surface area (Å²) >= 11 is 0. The van der Waals surface area contributed by atoms with Crippen LogP contribution in [0.2, 0.25) is 0 Å². The number of hydrogen-bond acceptors (Lipinski definition) is 3. The molecule has 29 heavy (non-hydrogen) atoms. The van der Waals surface area contributed by atoms with Gasteiger partial charge in [-0.3, -0.25) is 14.4 Å². The van der Waals surface area contributed by atoms with Crippen LogP contribution in [-0.2, 0) is 9.59 Å². The molecule has 2 aliphatic rings. The van der Waals surface area contributed by atoms with Crippen molar-refractivity contribution in [3.8, 4) is 0 Å². The standard InChI is InChI=1S/C23H33N3O3/c1-16(2)21(27)25-20-12-6-8-17(14-20)23(29)26-13-7-9-18(15-26)22(28)24-19-10-4-3-5-11-19/h6,8,12,14,16,18-19H,3-5,7,9-11,13,15H2,1-2H3,(H,24,28)(H,25,27). The number of piperidine rings is 1. The highest BCUT2D eigenvalue weighted by atomic mass is 16.2. The second-order valence-corrected chi connectivity index (χ2v) is 8.66. The zero-order chi connectivity index (χ0) is 20.8. The zero-order valence-corrected chi connectivity index (χ0v) is 17.6. The van der Waals surface area contributed by atoms with Crippen molar-refractivity contribution in [2.45, 2.75) is 64.8 Å². The molecule has 1 unspecified atom stereocenters. The first kappa shape index (κ1) is 21.3. The van der Waals surface area contributed by atoms with Gasteiger partial charge in [-0.05, 0) is 43.9 Å². The van der Waals surface area contributed by atoms with E-state index in [1.165, 1.54) is 19.3 Å². The Morgan fingerprint density at radius 3 is 2.52 bits per heavy atom. The number of anilines is 1. The van der Waals surface area contributed by atoms with Gasteiger partial charge in [0.05, 0.1) is 5.92 Å². The van der Waals surface area contributed by atoms with Crippen LogP contribution < -0.4 is 10.6 Å². The second-order valence-electron chi connectivity index (χ2n) is 8.66. The number of carbonyl (C=O) groups excluding carboxylic acids is 3. The summed E-state index contributed by atoms with van der Waals surface area (Å²) in [7, 11) is 0. The smallest absolute Gasteiger partial charge is 0.253 e. The lowest BCUT2D eigenvalue weighted by Crippen LogP contribution is -2.47. The van der Waals surface area contributed by atoms with E-state index in [2.05, 4.69) is 10.6 Å². The van der Waals surface area contributed by atoms with Crippen LogP contribution in [0.25, 0.3) is 0 Å². The molecule has 1 aromatic rings. The lowest BCUT2D eigenvalue weighted by Gasteiger charge is -2.33. The van der Waals surface area contributed by atoms with Crippen LogP contribution in [0.3, 0.4) is 0 Å². The Morgan fingerprint density at radius 2 is 1.79 bits per heavy atom. The molecule has 0 aromatic heterocycles. The van der Waals surface area contributed by atoms with Gasteiger partial charge in [-0.25, -0.2) is 0 Å². The Bertz CT molecular complexity index is 741. The summed E-state index contributed by atoms with van der Waals surface area (Å²) in [5.74, 6) is -0.335. The fraction of sp³-hybridized carbons (Fsp3) is 0.609. The van der Waals surface area contributed by atoms with Crippen LogP contribution in [0.4, 0.5) is 5.69 Å². The molecule has 6 nitrogen and oxygen atoms in total. The minimum Gasteiger partial charge on any atom is -0.353 e. The molecule has 1 atom stereocenters. The minimum absolute atomic E-state index is 0.0768. The largest absolute Gasteiger partial charge is 0.353 e. The average molecular weight is 400 g/mol. The van der Waals surface area contributed by atoms with E-state index in [1.54, 1.807) is 29.2 Å². The van der Waals surface area contributed by atoms with Crippen LogP contribution in [0.5, 0.6) is 0 Å². The number of carbonyl (C=O) groups is 3. The van der Waals surface area contributed by atoms with Gasteiger partial charge in [-0.2, -0.15) is 0 Å². The summed E-state index contributed by atoms with van der Waals surface area (Å²) in [6.45, 7) is 4.78. The van der Waals surface area contributed by atoms with E-state index < -0.39 is 0 Å². The van der Waals surface area contributed by atoms with Gasteiger partial charge in [0.25, 0.3) is 5.91 Å². The Labute approximate surface area is 173 Å². The van der Waals surface area contributed by atoms with E-state index in [9.17, 15) is 14.4 Å². The molecule has 2 fully saturated rings. The van der Waals surface area contributed by atoms with Crippen LogP contribution in [0, 0.1) is 11.8 Å². The van der Waals surface area contributed by atoms with Gasteiger partial charge >= 0.3 is 0 Å². The molecular weight excluding hydrogens is 366 g/mol. The van der Waals surface area contributed by atoms with Gasteiger partial charge in [-0.15, -0.1) is 0 Å². The first-order chi connectivity index (χ1) is 13.9. The van der Waals surface area contributed by atoms with E-state index >= 15 is 0 Å². The SMILES string of the molecule is CC(C)C(=O)Nc1cccc(C(=O)N2CCCC(C(=O)NC3CCCCC3)C2)c1. The molecule has 0 radical (unpaired) electrons. The summed E-state index contributed by atoms with van der Waals surface area (Å²) in [4.78, 5) is 39.4. The third kappa shape index (κ3) is 5.81. The quantitative estimate of drug-likeness (QED) is 0.794. The van der Waals surface area contributed by atoms with Crippen molar-refractivity contribution in [1.29, 1.82) is 0 Å². The minimum atomic E-state index is -0.140. The van der Waals surface area contributed by atoms with E-state index in [4.69, 9.17) is 0 Å². The van der Waals surface area contributed by atoms with Crippen LogP contribution in [-0.4, -0.2) is 41.8 Å². The number of hydrogen-bond donors (Lipinski definition) is 2. The topological polar surface area (TPSA) is 78.5 Å². The van der Waals surface area contributed by atoms with Crippen LogP contribution >= 0.6 is 0 Å². The predicted molar refractivity (Wildman–Crippen MR) is 114 cm³/mol. The van der Waals surface area contributed by atoms with Crippen LogP contribution in [0.15, 0.2) is 24.3 Å². The molecule has 0 bridgehead atoms. The van der Waals surface area contributed by atoms with Gasteiger partial charge in [0, 0.05) is 36.3 Å². The Balaban J connectivity index is 1.60. The Hall–Kier alpha value is -2.37. The number of nitrogens with zero attached hydrogens (tertiary/aromatic N) is 1. The molecule has 1 aromatic carbocycles. The maximum Gasteiger partial charge on any atom is 0.253 e. The third-order valence-corrected chi connectivity index (χ3v) is 5.93. The molecule has 3 amide bonds. The van der Waals surface area contributed by atoms with Crippen molar-refractivity contribution in [1.82, 2.24) is 10.2 Å². The maximum absolute atomic E-state index is 13.0. The fourth-order valence-electron chi connectivity index (χ4n) is 4.14. The number of benzene rings is 1. The van der Waals surface area contributed by atoms with E-state index in [0.717, 1.165) is 25.7 Å². The summed E-state index contributed by atoms with van der Waals surface area (Å²) in [5, 5.41) is 6.04. The number of nitrogens with one attached hydrogen (secondary N) is 2. The highest BCUT2D eigenvalue weighted by Crippen LogP contribution is 2.22. The van der Waals surface area contributed by atoms with Gasteiger partial charge in [-0.1, -0.05) is 39.2 Å². The summed E-state index contributed by atoms with van der Waals surface area (Å²) < 4.78 is 0. The fourth-order valence-corrected chi connectivity index (χ4v) is 4.14. The zero-order valence-electron chi connectivity index (χ0n) is 17.6. The first-order valence-electron chi connectivity index (χ1n) is 10.9. The normalized spacial score (nSPS) is 20.4. The van der Waals surface area contributed by atoms with E-state index in [1.807, 2.05) is 13.8 Å². The van der Waals surface area contributed by atoms with Crippen molar-refractivity contribution < 1.29 is 14.4 Å². The van der Waals surface area contributed by atoms with Crippen molar-refractivity contribution in [2.75, 3.05) is 18.4 Å². The molecule has 1 saturated heterocycles. The highest BCUT2D eigenvalue weighted by molar-refractivity contribution is 5.97. The van der Waals surface area contributed by atoms with Crippen molar-refractivity contribution in [2.24, 2.45) is 11.8 Å². The molecule has 3 rings (SSSR count). The molecule has 1 heterocycles. The number of rotatable bonds is 5. The molecule has 1 aliphatic carbocycles. The van der Waals surface area contributed by atoms with Crippen LogP contribution in [0.1, 0.15) is 69.2 Å². The summed E-state index contributed by atoms with van der Waals surface area (Å²) in [5.41, 5.74) is 1.16. The lowest BCUT2D eigenvalue weighted by molar-refractivity contribution is -0.127. The Morgan fingerprint density at radius 1 is 1.03 bits per heavy atom. The molecule has 2 N–H and O–H groups in total. The first-order valence-corrected chi connectivity index (χ1v) is 10.9. The molecular formula is C23H33N3O3. The van der Waals surface area contributed by atoms with Gasteiger partial charge < -0.3 is 15.5 Å². The van der Waals surface area contributed by atoms with Gasteiger partial charge in [0.2, 0.25) is 11.8 Å². The summed E-state index contributed by atoms with van der Waals surface area (Å²) in [6, 6.07) is 7.34. The van der Waals surface area contributed by atoms with Gasteiger partial charge in [0.15, 0.2) is 0 Å². The predicted octanol–water partition coefficient (Wildman–Crippen LogP) is 3.58. The Kier molecular flexibility index (Phi) is 7.29. The second kappa shape index (κ2) is 9.90. The van der Waals surface area contributed by atoms with E-state index in [0.29, 0.717) is 30.4 Å². The maximum atomic E-state index is 13.0. The molecule has 1 aliphatic heterocycles. The van der Waals surface area contributed by atoms with Gasteiger partial charge in [0.1, 0.15) is 0 Å². The third-order valence-electron chi connectivity index (χ3n) is 5.93. The van der Waals surface area contributed by atoms with Crippen molar-refractivity contribution >= 4 is 23.4 Å². The van der Waals surface area contributed by atoms with Crippen molar-refractivity contribution in [3.63, 3.8) is 0 Å². The monoisotopic (exact) mass is 399 g/mol. The van der Waals surface area contributed by atoms with E-state index in [-0.39, 0.29) is 29.6 Å². The lowest BCUT2D eigenvalue weighted by atomic mass is 9.92. The summed E-state index contributed by atoms with van der Waals surface area (Å²) in [6.07, 6.45) is 7.42. The average Bonchev–Trinajstić information content (AvgIpc) is 2.74. The number of amides is 3. The number of likely N-dealkylation sites (tertiary alicyclic amines) is 1.